The number of aliphatic hydroxyl groups excluding tert-OH is 1. The van der Waals surface area contributed by atoms with Gasteiger partial charge in [0.15, 0.2) is 0 Å². The number of nitrogens with one attached hydrogen (secondary N) is 1. The average Bonchev–Trinajstić information content (AvgIpc) is 3.43. The number of nitrogens with zero attached hydrogens (tertiary/aromatic N) is 1. The second kappa shape index (κ2) is 63.5. The van der Waals surface area contributed by atoms with E-state index in [4.69, 9.17) is 9.05 Å². The minimum Gasteiger partial charge on any atom is -0.387 e. The summed E-state index contributed by atoms with van der Waals surface area (Å²) in [6.07, 6.45) is 83.5. The van der Waals surface area contributed by atoms with E-state index < -0.39 is 20.0 Å². The molecule has 0 aliphatic carbocycles. The second-order valence-corrected chi connectivity index (χ2v) is 27.8. The van der Waals surface area contributed by atoms with E-state index in [1.54, 1.807) is 6.08 Å². The van der Waals surface area contributed by atoms with Gasteiger partial charge < -0.3 is 19.8 Å². The van der Waals surface area contributed by atoms with Crippen molar-refractivity contribution in [3.05, 3.63) is 24.3 Å². The van der Waals surface area contributed by atoms with Gasteiger partial charge in [-0.3, -0.25) is 13.8 Å². The Balaban J connectivity index is 4.01. The van der Waals surface area contributed by atoms with Crippen molar-refractivity contribution in [2.45, 2.75) is 392 Å². The van der Waals surface area contributed by atoms with Crippen molar-refractivity contribution in [2.24, 2.45) is 0 Å². The summed E-state index contributed by atoms with van der Waals surface area (Å²) in [7, 11) is 1.58. The molecule has 0 rings (SSSR count). The quantitative estimate of drug-likeness (QED) is 0.0243. The fourth-order valence-electron chi connectivity index (χ4n) is 11.3. The number of unbranched alkanes of at least 4 members (excludes halogenated alkanes) is 53. The number of hydrogen-bond acceptors (Lipinski definition) is 5. The molecule has 8 nitrogen and oxygen atoms in total. The highest BCUT2D eigenvalue weighted by Gasteiger charge is 2.28. The van der Waals surface area contributed by atoms with Gasteiger partial charge in [0.2, 0.25) is 5.91 Å². The van der Waals surface area contributed by atoms with Crippen molar-refractivity contribution in [2.75, 3.05) is 40.9 Å². The number of hydrogen-bond donors (Lipinski definition) is 3. The maximum atomic E-state index is 13.1. The van der Waals surface area contributed by atoms with Crippen molar-refractivity contribution in [3.63, 3.8) is 0 Å². The number of phosphoric ester groups is 1. The average molecular weight is 1160 g/mol. The van der Waals surface area contributed by atoms with Crippen molar-refractivity contribution >= 4 is 13.7 Å². The number of carbonyl (C=O) groups is 1. The molecular formula is C72H144N2O6P+. The third-order valence-electron chi connectivity index (χ3n) is 16.9. The summed E-state index contributed by atoms with van der Waals surface area (Å²) >= 11 is 0. The molecule has 3 N–H and O–H groups in total. The lowest BCUT2D eigenvalue weighted by Gasteiger charge is -2.25. The molecule has 0 bridgehead atoms. The van der Waals surface area contributed by atoms with Gasteiger partial charge in [-0.05, 0) is 32.1 Å². The van der Waals surface area contributed by atoms with Crippen LogP contribution in [0.1, 0.15) is 380 Å². The van der Waals surface area contributed by atoms with E-state index in [-0.39, 0.29) is 19.1 Å². The van der Waals surface area contributed by atoms with E-state index in [2.05, 4.69) is 31.3 Å². The van der Waals surface area contributed by atoms with Crippen LogP contribution in [0.4, 0.5) is 0 Å². The molecule has 9 heteroatoms. The van der Waals surface area contributed by atoms with Crippen LogP contribution in [0, 0.1) is 0 Å². The standard InChI is InChI=1S/C72H143N2O6P/c1-6-8-10-12-14-16-18-20-22-24-26-28-30-32-33-34-35-36-37-38-39-40-42-44-46-48-50-52-54-56-58-60-62-64-66-72(76)73-70(69-80-81(77,78)79-68-67-74(3,4)5)71(75)65-63-61-59-57-55-53-51-49-47-45-43-41-31-29-27-25-23-21-19-17-15-13-11-9-7-2/h55,57,63,65,70-71,75H,6-54,56,58-62,64,66-69H2,1-5H3,(H-,73,76,77,78)/p+1/b57-55+,65-63+. The zero-order chi connectivity index (χ0) is 59.1. The van der Waals surface area contributed by atoms with Gasteiger partial charge in [-0.25, -0.2) is 4.57 Å². The van der Waals surface area contributed by atoms with E-state index >= 15 is 0 Å². The Morgan fingerprint density at radius 3 is 0.988 bits per heavy atom. The molecule has 0 radical (unpaired) electrons. The number of carbonyl (C=O) groups excluding carboxylic acids is 1. The predicted molar refractivity (Wildman–Crippen MR) is 355 cm³/mol. The van der Waals surface area contributed by atoms with Gasteiger partial charge in [-0.15, -0.1) is 0 Å². The molecule has 0 aliphatic rings. The van der Waals surface area contributed by atoms with Gasteiger partial charge in [0, 0.05) is 6.42 Å². The summed E-state index contributed by atoms with van der Waals surface area (Å²) in [5.41, 5.74) is 0. The van der Waals surface area contributed by atoms with E-state index in [9.17, 15) is 19.4 Å². The van der Waals surface area contributed by atoms with Crippen molar-refractivity contribution in [3.8, 4) is 0 Å². The Kier molecular flexibility index (Phi) is 62.7. The summed E-state index contributed by atoms with van der Waals surface area (Å²) < 4.78 is 23.8. The van der Waals surface area contributed by atoms with Crippen LogP contribution in [0.25, 0.3) is 0 Å². The summed E-state index contributed by atoms with van der Waals surface area (Å²) in [6.45, 7) is 4.86. The van der Waals surface area contributed by atoms with Gasteiger partial charge in [0.25, 0.3) is 0 Å². The summed E-state index contributed by atoms with van der Waals surface area (Å²) in [5, 5.41) is 14.0. The molecule has 1 amide bonds. The molecule has 0 spiro atoms. The number of likely N-dealkylation sites (N-methyl/N-ethyl adjacent to an activating group) is 1. The Bertz CT molecular complexity index is 1370. The number of phosphoric acid groups is 1. The predicted octanol–water partition coefficient (Wildman–Crippen LogP) is 23.1. The molecule has 3 atom stereocenters. The molecule has 0 heterocycles. The molecule has 0 aliphatic heterocycles. The highest BCUT2D eigenvalue weighted by atomic mass is 31.2. The lowest BCUT2D eigenvalue weighted by atomic mass is 10.0. The van der Waals surface area contributed by atoms with Crippen LogP contribution in [0.2, 0.25) is 0 Å². The Morgan fingerprint density at radius 2 is 0.679 bits per heavy atom. The Morgan fingerprint density at radius 1 is 0.407 bits per heavy atom. The van der Waals surface area contributed by atoms with Crippen molar-refractivity contribution in [1.82, 2.24) is 5.32 Å². The van der Waals surface area contributed by atoms with Crippen LogP contribution in [-0.2, 0) is 18.4 Å². The molecule has 0 saturated carbocycles. The van der Waals surface area contributed by atoms with Crippen LogP contribution in [0.5, 0.6) is 0 Å². The smallest absolute Gasteiger partial charge is 0.387 e. The highest BCUT2D eigenvalue weighted by molar-refractivity contribution is 7.47. The Labute approximate surface area is 506 Å². The number of rotatable bonds is 68. The highest BCUT2D eigenvalue weighted by Crippen LogP contribution is 2.43. The second-order valence-electron chi connectivity index (χ2n) is 26.3. The molecule has 482 valence electrons. The van der Waals surface area contributed by atoms with Crippen molar-refractivity contribution in [1.29, 1.82) is 0 Å². The molecule has 0 aromatic heterocycles. The normalized spacial score (nSPS) is 13.7. The van der Waals surface area contributed by atoms with Gasteiger partial charge in [-0.2, -0.15) is 0 Å². The third-order valence-corrected chi connectivity index (χ3v) is 17.9. The SMILES string of the molecule is CCCCCCCCCCCCCCCCCCCCC/C=C/CC/C=C/C(O)C(COP(=O)(O)OCC[N+](C)(C)C)NC(=O)CCCCCCCCCCCCCCCCCCCCCCCCCCCCCCCCCCCC. The van der Waals surface area contributed by atoms with Gasteiger partial charge in [-0.1, -0.05) is 366 Å². The van der Waals surface area contributed by atoms with Crippen molar-refractivity contribution < 1.29 is 32.9 Å². The topological polar surface area (TPSA) is 105 Å². The lowest BCUT2D eigenvalue weighted by molar-refractivity contribution is -0.870. The molecule has 81 heavy (non-hydrogen) atoms. The number of amides is 1. The minimum absolute atomic E-state index is 0.0591. The maximum Gasteiger partial charge on any atom is 0.472 e. The zero-order valence-electron chi connectivity index (χ0n) is 55.3. The fraction of sp³-hybridized carbons (Fsp3) is 0.931. The first-order valence-electron chi connectivity index (χ1n) is 36.2. The van der Waals surface area contributed by atoms with Crippen LogP contribution < -0.4 is 5.32 Å². The first-order chi connectivity index (χ1) is 39.5. The molecule has 0 saturated heterocycles. The Hall–Kier alpha value is -1.02. The number of allylic oxidation sites excluding steroid dienone is 3. The lowest BCUT2D eigenvalue weighted by Crippen LogP contribution is -2.45. The fourth-order valence-corrected chi connectivity index (χ4v) is 12.0. The van der Waals surface area contributed by atoms with Crippen LogP contribution in [0.3, 0.4) is 0 Å². The third kappa shape index (κ3) is 66.4. The van der Waals surface area contributed by atoms with E-state index in [1.807, 2.05) is 27.2 Å². The first-order valence-corrected chi connectivity index (χ1v) is 37.7. The molecule has 0 fully saturated rings. The van der Waals surface area contributed by atoms with Crippen LogP contribution in [-0.4, -0.2) is 73.4 Å². The zero-order valence-corrected chi connectivity index (χ0v) is 56.2. The largest absolute Gasteiger partial charge is 0.472 e. The molecule has 3 unspecified atom stereocenters. The summed E-state index contributed by atoms with van der Waals surface area (Å²) in [4.78, 5) is 23.4. The van der Waals surface area contributed by atoms with Gasteiger partial charge in [0.05, 0.1) is 39.9 Å². The molecular weight excluding hydrogens is 1020 g/mol. The minimum atomic E-state index is -4.36. The summed E-state index contributed by atoms with van der Waals surface area (Å²) in [6, 6.07) is -0.862. The molecule has 0 aromatic rings. The van der Waals surface area contributed by atoms with E-state index in [0.717, 1.165) is 38.5 Å². The monoisotopic (exact) mass is 1160 g/mol. The summed E-state index contributed by atoms with van der Waals surface area (Å²) in [5.74, 6) is -0.177. The van der Waals surface area contributed by atoms with E-state index in [1.165, 1.54) is 321 Å². The van der Waals surface area contributed by atoms with Gasteiger partial charge in [0.1, 0.15) is 13.2 Å². The van der Waals surface area contributed by atoms with Gasteiger partial charge >= 0.3 is 7.82 Å². The maximum absolute atomic E-state index is 13.1. The number of quaternary nitrogens is 1. The first kappa shape index (κ1) is 80.0. The van der Waals surface area contributed by atoms with E-state index in [0.29, 0.717) is 17.4 Å². The van der Waals surface area contributed by atoms with Crippen LogP contribution in [0.15, 0.2) is 24.3 Å². The number of aliphatic hydroxyl groups is 1. The van der Waals surface area contributed by atoms with Crippen LogP contribution >= 0.6 is 7.82 Å². The molecule has 0 aromatic carbocycles.